The molecule has 0 fully saturated rings. The molecule has 0 bridgehead atoms. The molecule has 7 nitrogen and oxygen atoms in total. The quantitative estimate of drug-likeness (QED) is 0.415. The summed E-state index contributed by atoms with van der Waals surface area (Å²) in [6.45, 7) is 1.84. The number of hydrogen-bond donors (Lipinski definition) is 2. The summed E-state index contributed by atoms with van der Waals surface area (Å²) < 4.78 is 11.4. The standard InChI is InChI=1S/C25H22N2O5/c1-16-4-2-3-5-21(16)31-15-23(28)26-19-10-8-18(9-11-19)25-27-20-14-17(7-13-24(29)30)6-12-22(20)32-25/h2-6,8-12,14H,7,13,15H2,1H3,(H,26,28)(H,29,30). The molecule has 7 heteroatoms. The summed E-state index contributed by atoms with van der Waals surface area (Å²) in [6.07, 6.45) is 0.509. The van der Waals surface area contributed by atoms with Gasteiger partial charge in [0.15, 0.2) is 12.2 Å². The number of nitrogens with zero attached hydrogens (tertiary/aromatic N) is 1. The maximum absolute atomic E-state index is 12.2. The second-order valence-electron chi connectivity index (χ2n) is 7.39. The SMILES string of the molecule is Cc1ccccc1OCC(=O)Nc1ccc(-c2nc3cc(CCC(=O)O)ccc3o2)cc1. The van der Waals surface area contributed by atoms with E-state index in [2.05, 4.69) is 10.3 Å². The van der Waals surface area contributed by atoms with Gasteiger partial charge in [0.2, 0.25) is 5.89 Å². The van der Waals surface area contributed by atoms with E-state index in [0.717, 1.165) is 16.7 Å². The van der Waals surface area contributed by atoms with Gasteiger partial charge < -0.3 is 19.6 Å². The van der Waals surface area contributed by atoms with Gasteiger partial charge in [-0.25, -0.2) is 4.98 Å². The molecule has 3 aromatic carbocycles. The molecule has 0 aliphatic carbocycles. The van der Waals surface area contributed by atoms with Gasteiger partial charge in [-0.05, 0) is 66.9 Å². The Morgan fingerprint density at radius 3 is 2.59 bits per heavy atom. The van der Waals surface area contributed by atoms with Crippen LogP contribution in [0.2, 0.25) is 0 Å². The van der Waals surface area contributed by atoms with Gasteiger partial charge in [-0.3, -0.25) is 9.59 Å². The molecule has 0 aliphatic heterocycles. The monoisotopic (exact) mass is 430 g/mol. The molecule has 0 aliphatic rings. The van der Waals surface area contributed by atoms with Crippen molar-refractivity contribution in [2.45, 2.75) is 19.8 Å². The molecule has 162 valence electrons. The summed E-state index contributed by atoms with van der Waals surface area (Å²) in [5.41, 5.74) is 4.57. The minimum atomic E-state index is -0.833. The summed E-state index contributed by atoms with van der Waals surface area (Å²) in [5, 5.41) is 11.6. The molecule has 4 rings (SSSR count). The van der Waals surface area contributed by atoms with Gasteiger partial charge in [0.05, 0.1) is 0 Å². The van der Waals surface area contributed by atoms with E-state index in [1.165, 1.54) is 0 Å². The van der Waals surface area contributed by atoms with Crippen molar-refractivity contribution in [1.82, 2.24) is 4.98 Å². The summed E-state index contributed by atoms with van der Waals surface area (Å²) >= 11 is 0. The summed E-state index contributed by atoms with van der Waals surface area (Å²) in [6, 6.07) is 20.2. The largest absolute Gasteiger partial charge is 0.483 e. The molecule has 32 heavy (non-hydrogen) atoms. The van der Waals surface area contributed by atoms with E-state index in [1.807, 2.05) is 55.5 Å². The van der Waals surface area contributed by atoms with Crippen LogP contribution in [-0.4, -0.2) is 28.6 Å². The number of fused-ring (bicyclic) bond motifs is 1. The number of carboxylic acid groups (broad SMARTS) is 1. The molecule has 1 heterocycles. The number of aromatic nitrogens is 1. The van der Waals surface area contributed by atoms with Crippen LogP contribution in [0.15, 0.2) is 71.1 Å². The first-order valence-electron chi connectivity index (χ1n) is 10.2. The number of carbonyl (C=O) groups is 2. The molecule has 0 unspecified atom stereocenters. The number of aliphatic carboxylic acids is 1. The third kappa shape index (κ3) is 5.13. The molecule has 0 spiro atoms. The number of nitrogens with one attached hydrogen (secondary N) is 1. The van der Waals surface area contributed by atoms with Crippen LogP contribution in [0.3, 0.4) is 0 Å². The number of hydrogen-bond acceptors (Lipinski definition) is 5. The van der Waals surface area contributed by atoms with E-state index in [-0.39, 0.29) is 18.9 Å². The first-order valence-corrected chi connectivity index (χ1v) is 10.2. The Hall–Kier alpha value is -4.13. The molecular formula is C25H22N2O5. The number of oxazole rings is 1. The second-order valence-corrected chi connectivity index (χ2v) is 7.39. The van der Waals surface area contributed by atoms with Gasteiger partial charge in [-0.15, -0.1) is 0 Å². The predicted molar refractivity (Wildman–Crippen MR) is 121 cm³/mol. The van der Waals surface area contributed by atoms with E-state index < -0.39 is 5.97 Å². The lowest BCUT2D eigenvalue weighted by Crippen LogP contribution is -2.20. The lowest BCUT2D eigenvalue weighted by molar-refractivity contribution is -0.137. The van der Waals surface area contributed by atoms with Crippen molar-refractivity contribution in [1.29, 1.82) is 0 Å². The highest BCUT2D eigenvalue weighted by Gasteiger charge is 2.11. The zero-order valence-corrected chi connectivity index (χ0v) is 17.5. The number of benzene rings is 3. The van der Waals surface area contributed by atoms with Crippen molar-refractivity contribution in [3.05, 3.63) is 77.9 Å². The maximum atomic E-state index is 12.2. The van der Waals surface area contributed by atoms with Crippen molar-refractivity contribution < 1.29 is 23.8 Å². The minimum absolute atomic E-state index is 0.0688. The Morgan fingerprint density at radius 1 is 1.06 bits per heavy atom. The lowest BCUT2D eigenvalue weighted by Gasteiger charge is -2.09. The van der Waals surface area contributed by atoms with E-state index in [4.69, 9.17) is 14.3 Å². The Kier molecular flexibility index (Phi) is 6.17. The molecule has 2 N–H and O–H groups in total. The highest BCUT2D eigenvalue weighted by Crippen LogP contribution is 2.26. The van der Waals surface area contributed by atoms with Crippen molar-refractivity contribution in [3.8, 4) is 17.2 Å². The lowest BCUT2D eigenvalue weighted by atomic mass is 10.1. The fourth-order valence-corrected chi connectivity index (χ4v) is 3.26. The molecular weight excluding hydrogens is 408 g/mol. The predicted octanol–water partition coefficient (Wildman–Crippen LogP) is 4.84. The molecule has 0 saturated carbocycles. The van der Waals surface area contributed by atoms with Gasteiger partial charge >= 0.3 is 5.97 Å². The van der Waals surface area contributed by atoms with Gasteiger partial charge in [-0.1, -0.05) is 24.3 Å². The Balaban J connectivity index is 1.39. The molecule has 0 atom stereocenters. The highest BCUT2D eigenvalue weighted by molar-refractivity contribution is 5.92. The average molecular weight is 430 g/mol. The Morgan fingerprint density at radius 2 is 1.84 bits per heavy atom. The van der Waals surface area contributed by atoms with Crippen LogP contribution in [0, 0.1) is 6.92 Å². The molecule has 1 amide bonds. The number of carbonyl (C=O) groups excluding carboxylic acids is 1. The summed E-state index contributed by atoms with van der Waals surface area (Å²) in [4.78, 5) is 27.5. The van der Waals surface area contributed by atoms with Gasteiger partial charge in [0.25, 0.3) is 5.91 Å². The van der Waals surface area contributed by atoms with Crippen molar-refractivity contribution in [3.63, 3.8) is 0 Å². The van der Waals surface area contributed by atoms with Crippen molar-refractivity contribution in [2.75, 3.05) is 11.9 Å². The smallest absolute Gasteiger partial charge is 0.303 e. The number of aryl methyl sites for hydroxylation is 2. The topological polar surface area (TPSA) is 102 Å². The Bertz CT molecular complexity index is 1260. The summed E-state index contributed by atoms with van der Waals surface area (Å²) in [5.74, 6) is 0.0489. The molecule has 4 aromatic rings. The van der Waals surface area contributed by atoms with Crippen LogP contribution in [0.1, 0.15) is 17.5 Å². The van der Waals surface area contributed by atoms with E-state index in [9.17, 15) is 9.59 Å². The number of amides is 1. The number of carboxylic acids is 1. The van der Waals surface area contributed by atoms with Crippen molar-refractivity contribution >= 4 is 28.7 Å². The molecule has 1 aromatic heterocycles. The normalized spacial score (nSPS) is 10.8. The van der Waals surface area contributed by atoms with E-state index >= 15 is 0 Å². The summed E-state index contributed by atoms with van der Waals surface area (Å²) in [7, 11) is 0. The molecule has 0 radical (unpaired) electrons. The van der Waals surface area contributed by atoms with Crippen LogP contribution >= 0.6 is 0 Å². The van der Waals surface area contributed by atoms with Crippen LogP contribution < -0.4 is 10.1 Å². The third-order valence-electron chi connectivity index (χ3n) is 4.95. The first-order chi connectivity index (χ1) is 15.5. The van der Waals surface area contributed by atoms with Crippen LogP contribution in [0.5, 0.6) is 5.75 Å². The van der Waals surface area contributed by atoms with Crippen LogP contribution in [0.25, 0.3) is 22.6 Å². The van der Waals surface area contributed by atoms with Crippen LogP contribution in [-0.2, 0) is 16.0 Å². The zero-order chi connectivity index (χ0) is 22.5. The second kappa shape index (κ2) is 9.34. The third-order valence-corrected chi connectivity index (χ3v) is 4.95. The van der Waals surface area contributed by atoms with Crippen molar-refractivity contribution in [2.24, 2.45) is 0 Å². The number of anilines is 1. The van der Waals surface area contributed by atoms with Gasteiger partial charge in [-0.2, -0.15) is 0 Å². The maximum Gasteiger partial charge on any atom is 0.303 e. The number of ether oxygens (including phenoxy) is 1. The highest BCUT2D eigenvalue weighted by atomic mass is 16.5. The van der Waals surface area contributed by atoms with E-state index in [0.29, 0.717) is 34.8 Å². The Labute approximate surface area is 184 Å². The first kappa shape index (κ1) is 21.1. The van der Waals surface area contributed by atoms with E-state index in [1.54, 1.807) is 18.2 Å². The van der Waals surface area contributed by atoms with Gasteiger partial charge in [0.1, 0.15) is 11.3 Å². The zero-order valence-electron chi connectivity index (χ0n) is 17.5. The molecule has 0 saturated heterocycles. The van der Waals surface area contributed by atoms with Gasteiger partial charge in [0, 0.05) is 17.7 Å². The minimum Gasteiger partial charge on any atom is -0.483 e. The average Bonchev–Trinajstić information content (AvgIpc) is 3.21. The number of para-hydroxylation sites is 1. The van der Waals surface area contributed by atoms with Crippen LogP contribution in [0.4, 0.5) is 5.69 Å². The fourth-order valence-electron chi connectivity index (χ4n) is 3.26. The number of rotatable bonds is 8. The fraction of sp³-hybridized carbons (Fsp3) is 0.160.